The van der Waals surface area contributed by atoms with Gasteiger partial charge in [-0.2, -0.15) is 0 Å². The third-order valence-corrected chi connectivity index (χ3v) is 5.10. The average molecular weight is 425 g/mol. The van der Waals surface area contributed by atoms with Crippen LogP contribution in [0.3, 0.4) is 0 Å². The SMILES string of the molecule is CC[C@H](Oc1ccc(-c2cnc3ccccc3n2)cc1)C(=O)Nc1ccc(C(C)=O)cc1. The lowest BCUT2D eigenvalue weighted by Gasteiger charge is -2.17. The number of ketones is 1. The van der Waals surface area contributed by atoms with Crippen LogP contribution >= 0.6 is 0 Å². The van der Waals surface area contributed by atoms with Gasteiger partial charge in [0, 0.05) is 16.8 Å². The molecule has 0 aliphatic heterocycles. The van der Waals surface area contributed by atoms with Gasteiger partial charge in [-0.05, 0) is 74.0 Å². The summed E-state index contributed by atoms with van der Waals surface area (Å²) in [4.78, 5) is 33.2. The number of anilines is 1. The molecule has 4 aromatic rings. The number of hydrogen-bond acceptors (Lipinski definition) is 5. The smallest absolute Gasteiger partial charge is 0.265 e. The molecule has 0 bridgehead atoms. The maximum Gasteiger partial charge on any atom is 0.265 e. The molecule has 160 valence electrons. The lowest BCUT2D eigenvalue weighted by atomic mass is 10.1. The van der Waals surface area contributed by atoms with E-state index in [1.165, 1.54) is 6.92 Å². The van der Waals surface area contributed by atoms with Gasteiger partial charge in [0.1, 0.15) is 5.75 Å². The van der Waals surface area contributed by atoms with Gasteiger partial charge in [-0.1, -0.05) is 19.1 Å². The molecule has 1 N–H and O–H groups in total. The van der Waals surface area contributed by atoms with E-state index >= 15 is 0 Å². The average Bonchev–Trinajstić information content (AvgIpc) is 2.83. The molecule has 0 saturated heterocycles. The molecule has 6 heteroatoms. The van der Waals surface area contributed by atoms with Crippen LogP contribution in [0.4, 0.5) is 5.69 Å². The second kappa shape index (κ2) is 9.39. The lowest BCUT2D eigenvalue weighted by Crippen LogP contribution is -2.32. The Morgan fingerprint density at radius 1 is 0.938 bits per heavy atom. The molecule has 0 aliphatic carbocycles. The van der Waals surface area contributed by atoms with Crippen molar-refractivity contribution in [2.24, 2.45) is 0 Å². The van der Waals surface area contributed by atoms with E-state index < -0.39 is 6.10 Å². The maximum absolute atomic E-state index is 12.7. The first kappa shape index (κ1) is 21.2. The Morgan fingerprint density at radius 2 is 1.62 bits per heavy atom. The number of benzene rings is 3. The summed E-state index contributed by atoms with van der Waals surface area (Å²) < 4.78 is 5.92. The second-order valence-electron chi connectivity index (χ2n) is 7.41. The lowest BCUT2D eigenvalue weighted by molar-refractivity contribution is -0.122. The van der Waals surface area contributed by atoms with E-state index in [2.05, 4.69) is 15.3 Å². The number of ether oxygens (including phenoxy) is 1. The first-order valence-electron chi connectivity index (χ1n) is 10.4. The molecule has 0 aliphatic rings. The van der Waals surface area contributed by atoms with E-state index in [9.17, 15) is 9.59 Å². The van der Waals surface area contributed by atoms with Crippen molar-refractivity contribution in [3.05, 3.63) is 84.6 Å². The number of amides is 1. The van der Waals surface area contributed by atoms with Crippen molar-refractivity contribution in [3.8, 4) is 17.0 Å². The molecule has 4 rings (SSSR count). The van der Waals surface area contributed by atoms with Crippen molar-refractivity contribution in [3.63, 3.8) is 0 Å². The van der Waals surface area contributed by atoms with Gasteiger partial charge in [0.25, 0.3) is 5.91 Å². The molecule has 1 atom stereocenters. The van der Waals surface area contributed by atoms with Crippen LogP contribution in [0.5, 0.6) is 5.75 Å². The molecule has 0 spiro atoms. The van der Waals surface area contributed by atoms with Crippen LogP contribution in [0.1, 0.15) is 30.6 Å². The Kier molecular flexibility index (Phi) is 6.22. The highest BCUT2D eigenvalue weighted by atomic mass is 16.5. The van der Waals surface area contributed by atoms with Gasteiger partial charge in [-0.25, -0.2) is 4.98 Å². The summed E-state index contributed by atoms with van der Waals surface area (Å²) in [5.41, 5.74) is 4.59. The molecule has 0 fully saturated rings. The van der Waals surface area contributed by atoms with Gasteiger partial charge >= 0.3 is 0 Å². The summed E-state index contributed by atoms with van der Waals surface area (Å²) in [6.45, 7) is 3.40. The zero-order chi connectivity index (χ0) is 22.5. The largest absolute Gasteiger partial charge is 0.481 e. The molecule has 1 amide bonds. The first-order chi connectivity index (χ1) is 15.5. The fourth-order valence-electron chi connectivity index (χ4n) is 3.30. The highest BCUT2D eigenvalue weighted by molar-refractivity contribution is 5.96. The highest BCUT2D eigenvalue weighted by Crippen LogP contribution is 2.23. The van der Waals surface area contributed by atoms with E-state index in [-0.39, 0.29) is 11.7 Å². The molecular formula is C26H23N3O3. The van der Waals surface area contributed by atoms with Crippen molar-refractivity contribution in [1.82, 2.24) is 9.97 Å². The van der Waals surface area contributed by atoms with Gasteiger partial charge < -0.3 is 10.1 Å². The fourth-order valence-corrected chi connectivity index (χ4v) is 3.30. The van der Waals surface area contributed by atoms with Crippen LogP contribution in [0.15, 0.2) is 79.0 Å². The number of nitrogens with zero attached hydrogens (tertiary/aromatic N) is 2. The third kappa shape index (κ3) is 4.81. The van der Waals surface area contributed by atoms with Crippen LogP contribution in [-0.2, 0) is 4.79 Å². The normalized spacial score (nSPS) is 11.7. The van der Waals surface area contributed by atoms with E-state index in [4.69, 9.17) is 4.74 Å². The summed E-state index contributed by atoms with van der Waals surface area (Å²) in [5.74, 6) is 0.333. The predicted octanol–water partition coefficient (Wildman–Crippen LogP) is 5.30. The number of carbonyl (C=O) groups excluding carboxylic acids is 2. The predicted molar refractivity (Wildman–Crippen MR) is 125 cm³/mol. The van der Waals surface area contributed by atoms with Crippen molar-refractivity contribution in [1.29, 1.82) is 0 Å². The molecule has 3 aromatic carbocycles. The molecule has 0 unspecified atom stereocenters. The summed E-state index contributed by atoms with van der Waals surface area (Å²) in [5, 5.41) is 2.84. The number of Topliss-reactive ketones (excluding diaryl/α,β-unsaturated/α-hetero) is 1. The van der Waals surface area contributed by atoms with Crippen LogP contribution < -0.4 is 10.1 Å². The minimum atomic E-state index is -0.645. The summed E-state index contributed by atoms with van der Waals surface area (Å²) in [7, 11) is 0. The summed E-state index contributed by atoms with van der Waals surface area (Å²) in [6, 6.07) is 22.0. The Bertz CT molecular complexity index is 1250. The molecular weight excluding hydrogens is 402 g/mol. The monoisotopic (exact) mass is 425 g/mol. The Morgan fingerprint density at radius 3 is 2.28 bits per heavy atom. The molecule has 1 heterocycles. The topological polar surface area (TPSA) is 81.2 Å². The second-order valence-corrected chi connectivity index (χ2v) is 7.41. The molecule has 1 aromatic heterocycles. The Labute approximate surface area is 186 Å². The van der Waals surface area contributed by atoms with E-state index in [0.29, 0.717) is 23.4 Å². The van der Waals surface area contributed by atoms with Crippen LogP contribution in [0.25, 0.3) is 22.3 Å². The number of carbonyl (C=O) groups is 2. The number of nitrogens with one attached hydrogen (secondary N) is 1. The van der Waals surface area contributed by atoms with Gasteiger partial charge in [0.15, 0.2) is 11.9 Å². The summed E-state index contributed by atoms with van der Waals surface area (Å²) >= 11 is 0. The highest BCUT2D eigenvalue weighted by Gasteiger charge is 2.19. The number of hydrogen-bond donors (Lipinski definition) is 1. The number of para-hydroxylation sites is 2. The van der Waals surface area contributed by atoms with Crippen molar-refractivity contribution >= 4 is 28.4 Å². The van der Waals surface area contributed by atoms with Crippen molar-refractivity contribution in [2.75, 3.05) is 5.32 Å². The van der Waals surface area contributed by atoms with E-state index in [1.54, 1.807) is 30.5 Å². The van der Waals surface area contributed by atoms with Crippen LogP contribution in [0, 0.1) is 0 Å². The van der Waals surface area contributed by atoms with Crippen molar-refractivity contribution in [2.45, 2.75) is 26.4 Å². The number of rotatable bonds is 7. The Balaban J connectivity index is 1.43. The van der Waals surface area contributed by atoms with Gasteiger partial charge in [-0.3, -0.25) is 14.6 Å². The zero-order valence-corrected chi connectivity index (χ0v) is 17.9. The van der Waals surface area contributed by atoms with E-state index in [1.807, 2.05) is 55.5 Å². The van der Waals surface area contributed by atoms with Gasteiger partial charge in [-0.15, -0.1) is 0 Å². The molecule has 0 saturated carbocycles. The standard InChI is InChI=1S/C26H23N3O3/c1-3-25(26(31)28-20-12-8-18(9-13-20)17(2)30)32-21-14-10-19(11-15-21)24-16-27-22-6-4-5-7-23(22)29-24/h4-16,25H,3H2,1-2H3,(H,28,31)/t25-/m0/s1. The quantitative estimate of drug-likeness (QED) is 0.407. The van der Waals surface area contributed by atoms with Crippen molar-refractivity contribution < 1.29 is 14.3 Å². The first-order valence-corrected chi connectivity index (χ1v) is 10.4. The van der Waals surface area contributed by atoms with E-state index in [0.717, 1.165) is 22.3 Å². The number of aromatic nitrogens is 2. The summed E-state index contributed by atoms with van der Waals surface area (Å²) in [6.07, 6.45) is 1.61. The van der Waals surface area contributed by atoms with Gasteiger partial charge in [0.2, 0.25) is 0 Å². The van der Waals surface area contributed by atoms with Crippen LogP contribution in [-0.4, -0.2) is 27.8 Å². The molecule has 6 nitrogen and oxygen atoms in total. The minimum Gasteiger partial charge on any atom is -0.481 e. The van der Waals surface area contributed by atoms with Crippen LogP contribution in [0.2, 0.25) is 0 Å². The van der Waals surface area contributed by atoms with Gasteiger partial charge in [0.05, 0.1) is 22.9 Å². The third-order valence-electron chi connectivity index (χ3n) is 5.10. The molecule has 0 radical (unpaired) electrons. The molecule has 32 heavy (non-hydrogen) atoms. The maximum atomic E-state index is 12.7. The fraction of sp³-hybridized carbons (Fsp3) is 0.154. The number of fused-ring (bicyclic) bond motifs is 1. The minimum absolute atomic E-state index is 0.0178. The zero-order valence-electron chi connectivity index (χ0n) is 17.9. The Hall–Kier alpha value is -4.06.